The Hall–Kier alpha value is -3.02. The maximum Gasteiger partial charge on any atom is 0.259 e. The Balaban J connectivity index is 1.84. The van der Waals surface area contributed by atoms with Crippen LogP contribution in [0.25, 0.3) is 0 Å². The summed E-state index contributed by atoms with van der Waals surface area (Å²) in [6, 6.07) is 14.8. The fourth-order valence-corrected chi connectivity index (χ4v) is 1.91. The summed E-state index contributed by atoms with van der Waals surface area (Å²) in [5, 5.41) is 6.92. The summed E-state index contributed by atoms with van der Waals surface area (Å²) in [7, 11) is 3.18. The topological polar surface area (TPSA) is 72.0 Å². The van der Waals surface area contributed by atoms with Crippen LogP contribution in [0.5, 0.6) is 11.5 Å². The van der Waals surface area contributed by atoms with Crippen LogP contribution in [0.1, 0.15) is 5.56 Å². The minimum Gasteiger partial charge on any atom is -0.497 e. The number of hydrogen-bond acceptors (Lipinski definition) is 5. The molecule has 0 aliphatic heterocycles. The first kappa shape index (κ1) is 16.4. The van der Waals surface area contributed by atoms with Crippen LogP contribution in [-0.2, 0) is 4.79 Å². The predicted molar refractivity (Wildman–Crippen MR) is 90.2 cm³/mol. The van der Waals surface area contributed by atoms with Crippen LogP contribution in [0.4, 0.5) is 5.69 Å². The van der Waals surface area contributed by atoms with Crippen LogP contribution in [0.2, 0.25) is 0 Å². The molecule has 1 amide bonds. The van der Waals surface area contributed by atoms with Gasteiger partial charge in [-0.15, -0.1) is 0 Å². The molecule has 0 aliphatic carbocycles. The zero-order chi connectivity index (χ0) is 16.5. The highest BCUT2D eigenvalue weighted by Gasteiger charge is 2.03. The molecule has 0 atom stereocenters. The summed E-state index contributed by atoms with van der Waals surface area (Å²) in [6.07, 6.45) is 1.56. The third-order valence-corrected chi connectivity index (χ3v) is 3.04. The normalized spacial score (nSPS) is 10.3. The second-order valence-electron chi connectivity index (χ2n) is 4.62. The molecule has 0 bridgehead atoms. The van der Waals surface area contributed by atoms with Crippen LogP contribution < -0.4 is 20.2 Å². The van der Waals surface area contributed by atoms with Gasteiger partial charge in [-0.2, -0.15) is 5.10 Å². The van der Waals surface area contributed by atoms with E-state index >= 15 is 0 Å². The Bertz CT molecular complexity index is 686. The summed E-state index contributed by atoms with van der Waals surface area (Å²) >= 11 is 0. The number of carbonyl (C=O) groups is 1. The lowest BCUT2D eigenvalue weighted by molar-refractivity contribution is -0.119. The molecule has 0 unspecified atom stereocenters. The van der Waals surface area contributed by atoms with Gasteiger partial charge in [0.25, 0.3) is 5.91 Å². The van der Waals surface area contributed by atoms with Crippen molar-refractivity contribution < 1.29 is 14.3 Å². The minimum absolute atomic E-state index is 0.0931. The molecule has 2 aromatic rings. The SMILES string of the molecule is COc1cccc(/C=N/NC(=O)CNc2ccccc2OC)c1. The van der Waals surface area contributed by atoms with Crippen LogP contribution >= 0.6 is 0 Å². The van der Waals surface area contributed by atoms with E-state index in [-0.39, 0.29) is 12.5 Å². The maximum atomic E-state index is 11.8. The average Bonchev–Trinajstić information content (AvgIpc) is 2.60. The van der Waals surface area contributed by atoms with Crippen molar-refractivity contribution in [2.75, 3.05) is 26.1 Å². The van der Waals surface area contributed by atoms with E-state index in [4.69, 9.17) is 9.47 Å². The van der Waals surface area contributed by atoms with Gasteiger partial charge in [-0.25, -0.2) is 5.43 Å². The zero-order valence-corrected chi connectivity index (χ0v) is 13.1. The van der Waals surface area contributed by atoms with Gasteiger partial charge in [0.15, 0.2) is 0 Å². The van der Waals surface area contributed by atoms with Crippen LogP contribution in [0.3, 0.4) is 0 Å². The van der Waals surface area contributed by atoms with Gasteiger partial charge in [-0.1, -0.05) is 24.3 Å². The first-order valence-corrected chi connectivity index (χ1v) is 7.06. The number of ether oxygens (including phenoxy) is 2. The molecule has 0 saturated heterocycles. The molecular formula is C17H19N3O3. The number of para-hydroxylation sites is 2. The number of nitrogens with one attached hydrogen (secondary N) is 2. The number of nitrogens with zero attached hydrogens (tertiary/aromatic N) is 1. The Morgan fingerprint density at radius 1 is 1.13 bits per heavy atom. The molecule has 2 rings (SSSR count). The van der Waals surface area contributed by atoms with Gasteiger partial charge in [0.05, 0.1) is 32.7 Å². The van der Waals surface area contributed by atoms with Gasteiger partial charge in [-0.05, 0) is 29.8 Å². The van der Waals surface area contributed by atoms with E-state index in [9.17, 15) is 4.79 Å². The number of rotatable bonds is 7. The molecule has 2 N–H and O–H groups in total. The molecular weight excluding hydrogens is 294 g/mol. The molecule has 2 aromatic carbocycles. The largest absolute Gasteiger partial charge is 0.497 e. The smallest absolute Gasteiger partial charge is 0.259 e. The van der Waals surface area contributed by atoms with Crippen molar-refractivity contribution >= 4 is 17.8 Å². The van der Waals surface area contributed by atoms with E-state index < -0.39 is 0 Å². The fourth-order valence-electron chi connectivity index (χ4n) is 1.91. The number of benzene rings is 2. The standard InChI is InChI=1S/C17H19N3O3/c1-22-14-7-5-6-13(10-14)11-19-20-17(21)12-18-15-8-3-4-9-16(15)23-2/h3-11,18H,12H2,1-2H3,(H,20,21)/b19-11+. The van der Waals surface area contributed by atoms with E-state index in [0.717, 1.165) is 17.0 Å². The van der Waals surface area contributed by atoms with E-state index in [1.165, 1.54) is 0 Å². The Kier molecular flexibility index (Phi) is 5.99. The molecule has 0 aliphatic rings. The van der Waals surface area contributed by atoms with Gasteiger partial charge in [0.1, 0.15) is 11.5 Å². The summed E-state index contributed by atoms with van der Waals surface area (Å²) in [6.45, 7) is 0.0931. The monoisotopic (exact) mass is 313 g/mol. The highest BCUT2D eigenvalue weighted by Crippen LogP contribution is 2.22. The second kappa shape index (κ2) is 8.43. The van der Waals surface area contributed by atoms with Crippen LogP contribution in [0, 0.1) is 0 Å². The summed E-state index contributed by atoms with van der Waals surface area (Å²) in [4.78, 5) is 11.8. The van der Waals surface area contributed by atoms with Gasteiger partial charge in [-0.3, -0.25) is 4.79 Å². The number of methoxy groups -OCH3 is 2. The van der Waals surface area contributed by atoms with Crippen molar-refractivity contribution in [1.29, 1.82) is 0 Å². The number of amides is 1. The van der Waals surface area contributed by atoms with Crippen molar-refractivity contribution in [3.8, 4) is 11.5 Å². The zero-order valence-electron chi connectivity index (χ0n) is 13.1. The van der Waals surface area contributed by atoms with Crippen molar-refractivity contribution in [1.82, 2.24) is 5.43 Å². The second-order valence-corrected chi connectivity index (χ2v) is 4.62. The molecule has 0 saturated carbocycles. The number of hydrogen-bond donors (Lipinski definition) is 2. The Morgan fingerprint density at radius 2 is 1.96 bits per heavy atom. The number of hydrazone groups is 1. The molecule has 6 heteroatoms. The summed E-state index contributed by atoms with van der Waals surface area (Å²) in [5.41, 5.74) is 4.05. The first-order chi connectivity index (χ1) is 11.2. The number of carbonyl (C=O) groups excluding carboxylic acids is 1. The molecule has 0 aromatic heterocycles. The average molecular weight is 313 g/mol. The van der Waals surface area contributed by atoms with E-state index in [2.05, 4.69) is 15.8 Å². The molecule has 0 radical (unpaired) electrons. The van der Waals surface area contributed by atoms with Crippen molar-refractivity contribution in [3.63, 3.8) is 0 Å². The number of anilines is 1. The van der Waals surface area contributed by atoms with Crippen molar-refractivity contribution in [2.45, 2.75) is 0 Å². The molecule has 0 fully saturated rings. The van der Waals surface area contributed by atoms with Gasteiger partial charge >= 0.3 is 0 Å². The minimum atomic E-state index is -0.255. The molecule has 120 valence electrons. The summed E-state index contributed by atoms with van der Waals surface area (Å²) < 4.78 is 10.3. The van der Waals surface area contributed by atoms with Gasteiger partial charge in [0.2, 0.25) is 0 Å². The third-order valence-electron chi connectivity index (χ3n) is 3.04. The van der Waals surface area contributed by atoms with Crippen LogP contribution in [-0.4, -0.2) is 32.9 Å². The lowest BCUT2D eigenvalue weighted by Crippen LogP contribution is -2.26. The first-order valence-electron chi connectivity index (χ1n) is 7.06. The Labute approximate surface area is 135 Å². The maximum absolute atomic E-state index is 11.8. The van der Waals surface area contributed by atoms with Gasteiger partial charge < -0.3 is 14.8 Å². The van der Waals surface area contributed by atoms with Gasteiger partial charge in [0, 0.05) is 0 Å². The highest BCUT2D eigenvalue weighted by atomic mass is 16.5. The van der Waals surface area contributed by atoms with E-state index in [1.807, 2.05) is 48.5 Å². The predicted octanol–water partition coefficient (Wildman–Crippen LogP) is 2.27. The highest BCUT2D eigenvalue weighted by molar-refractivity contribution is 5.84. The lowest BCUT2D eigenvalue weighted by Gasteiger charge is -2.09. The molecule has 23 heavy (non-hydrogen) atoms. The van der Waals surface area contributed by atoms with Crippen LogP contribution in [0.15, 0.2) is 53.6 Å². The van der Waals surface area contributed by atoms with Crippen molar-refractivity contribution in [2.24, 2.45) is 5.10 Å². The van der Waals surface area contributed by atoms with E-state index in [0.29, 0.717) is 5.75 Å². The molecule has 0 heterocycles. The fraction of sp³-hybridized carbons (Fsp3) is 0.176. The van der Waals surface area contributed by atoms with Crippen molar-refractivity contribution in [3.05, 3.63) is 54.1 Å². The molecule has 0 spiro atoms. The Morgan fingerprint density at radius 3 is 2.74 bits per heavy atom. The summed E-state index contributed by atoms with van der Waals surface area (Å²) in [5.74, 6) is 1.16. The molecule has 6 nitrogen and oxygen atoms in total. The third kappa shape index (κ3) is 5.03. The lowest BCUT2D eigenvalue weighted by atomic mass is 10.2. The van der Waals surface area contributed by atoms with E-state index in [1.54, 1.807) is 20.4 Å². The quantitative estimate of drug-likeness (QED) is 0.607.